The normalized spacial score (nSPS) is 16.1. The Labute approximate surface area is 249 Å². The summed E-state index contributed by atoms with van der Waals surface area (Å²) in [4.78, 5) is 22.5. The van der Waals surface area contributed by atoms with Gasteiger partial charge < -0.3 is 15.0 Å². The number of para-hydroxylation sites is 1. The van der Waals surface area contributed by atoms with Gasteiger partial charge in [0.15, 0.2) is 5.60 Å². The van der Waals surface area contributed by atoms with Crippen LogP contribution in [0.2, 0.25) is 0 Å². The number of alkyl carbamates (subject to hydrolysis) is 1. The van der Waals surface area contributed by atoms with Crippen LogP contribution in [0, 0.1) is 6.92 Å². The number of ether oxygens (including phenoxy) is 1. The highest BCUT2D eigenvalue weighted by Gasteiger charge is 2.46. The molecule has 6 rings (SSSR count). The number of hydrogen-bond donors (Lipinski definition) is 1. The molecule has 4 aromatic rings. The molecule has 0 unspecified atom stereocenters. The summed E-state index contributed by atoms with van der Waals surface area (Å²) in [5.74, 6) is 1.04. The second kappa shape index (κ2) is 11.9. The van der Waals surface area contributed by atoms with Crippen LogP contribution < -0.4 is 10.2 Å². The number of fused-ring (bicyclic) bond motifs is 4. The van der Waals surface area contributed by atoms with Gasteiger partial charge in [-0.25, -0.2) is 9.78 Å². The fourth-order valence-electron chi connectivity index (χ4n) is 6.51. The first-order valence-electron chi connectivity index (χ1n) is 14.8. The number of amides is 1. The Hall–Kier alpha value is -4.11. The van der Waals surface area contributed by atoms with Gasteiger partial charge in [-0.1, -0.05) is 66.7 Å². The molecule has 0 atom stereocenters. The molecule has 1 aliphatic heterocycles. The van der Waals surface area contributed by atoms with Crippen LogP contribution in [0.3, 0.4) is 0 Å². The Morgan fingerprint density at radius 2 is 1.53 bits per heavy atom. The molecule has 224 valence electrons. The molecule has 1 amide bonds. The molecule has 1 N–H and O–H groups in total. The molecule has 1 aromatic heterocycles. The van der Waals surface area contributed by atoms with Crippen molar-refractivity contribution in [1.29, 1.82) is 0 Å². The molecular weight excluding hydrogens is 553 g/mol. The predicted molar refractivity (Wildman–Crippen MR) is 162 cm³/mol. The average molecular weight is 589 g/mol. The van der Waals surface area contributed by atoms with Gasteiger partial charge in [-0.2, -0.15) is 13.2 Å². The van der Waals surface area contributed by atoms with E-state index in [1.165, 1.54) is 5.56 Å². The SMILES string of the molecule is Cc1cc2ccccc2nc1N1CCN(CCCCC2(OC(=O)NCC(F)(F)F)c3ccccc3-c3ccccc32)CC1. The molecule has 0 spiro atoms. The van der Waals surface area contributed by atoms with Crippen molar-refractivity contribution in [2.75, 3.05) is 44.2 Å². The fraction of sp³-hybridized carbons (Fsp3) is 0.353. The number of piperazine rings is 1. The fourth-order valence-corrected chi connectivity index (χ4v) is 6.51. The summed E-state index contributed by atoms with van der Waals surface area (Å²) in [7, 11) is 0. The Morgan fingerprint density at radius 1 is 0.907 bits per heavy atom. The van der Waals surface area contributed by atoms with E-state index in [1.54, 1.807) is 0 Å². The molecule has 43 heavy (non-hydrogen) atoms. The third kappa shape index (κ3) is 6.04. The van der Waals surface area contributed by atoms with Crippen molar-refractivity contribution in [3.8, 4) is 11.1 Å². The smallest absolute Gasteiger partial charge is 0.408 e. The summed E-state index contributed by atoms with van der Waals surface area (Å²) in [5, 5.41) is 3.05. The van der Waals surface area contributed by atoms with Crippen LogP contribution in [0.1, 0.15) is 36.0 Å². The van der Waals surface area contributed by atoms with Crippen molar-refractivity contribution in [2.24, 2.45) is 0 Å². The molecule has 0 saturated carbocycles. The number of benzene rings is 3. The van der Waals surface area contributed by atoms with Gasteiger partial charge >= 0.3 is 12.3 Å². The van der Waals surface area contributed by atoms with Crippen LogP contribution in [-0.4, -0.2) is 61.4 Å². The second-order valence-corrected chi connectivity index (χ2v) is 11.4. The number of nitrogens with zero attached hydrogens (tertiary/aromatic N) is 3. The van der Waals surface area contributed by atoms with Crippen LogP contribution in [-0.2, 0) is 10.3 Å². The van der Waals surface area contributed by atoms with E-state index in [1.807, 2.05) is 72.0 Å². The summed E-state index contributed by atoms with van der Waals surface area (Å²) in [6, 6.07) is 25.7. The minimum Gasteiger partial charge on any atom is -0.433 e. The number of anilines is 1. The highest BCUT2D eigenvalue weighted by atomic mass is 19.4. The number of alkyl halides is 3. The van der Waals surface area contributed by atoms with Crippen LogP contribution in [0.25, 0.3) is 22.0 Å². The Kier molecular flexibility index (Phi) is 8.01. The highest BCUT2D eigenvalue weighted by Crippen LogP contribution is 2.52. The van der Waals surface area contributed by atoms with Gasteiger partial charge in [-0.3, -0.25) is 4.90 Å². The molecule has 0 bridgehead atoms. The third-order valence-corrected chi connectivity index (χ3v) is 8.53. The van der Waals surface area contributed by atoms with Crippen LogP contribution >= 0.6 is 0 Å². The van der Waals surface area contributed by atoms with E-state index in [2.05, 4.69) is 28.9 Å². The lowest BCUT2D eigenvalue weighted by molar-refractivity contribution is -0.124. The molecule has 2 heterocycles. The topological polar surface area (TPSA) is 57.7 Å². The van der Waals surface area contributed by atoms with E-state index in [-0.39, 0.29) is 0 Å². The Morgan fingerprint density at radius 3 is 2.21 bits per heavy atom. The number of aryl methyl sites for hydroxylation is 1. The summed E-state index contributed by atoms with van der Waals surface area (Å²) >= 11 is 0. The van der Waals surface area contributed by atoms with E-state index in [4.69, 9.17) is 9.72 Å². The first-order chi connectivity index (χ1) is 20.7. The Balaban J connectivity index is 1.11. The predicted octanol–water partition coefficient (Wildman–Crippen LogP) is 7.05. The lowest BCUT2D eigenvalue weighted by atomic mass is 9.86. The van der Waals surface area contributed by atoms with E-state index in [0.29, 0.717) is 6.42 Å². The average Bonchev–Trinajstić information content (AvgIpc) is 3.27. The van der Waals surface area contributed by atoms with Crippen molar-refractivity contribution in [3.05, 3.63) is 95.6 Å². The van der Waals surface area contributed by atoms with Crippen LogP contribution in [0.4, 0.5) is 23.8 Å². The van der Waals surface area contributed by atoms with Gasteiger partial charge in [0.05, 0.1) is 5.52 Å². The zero-order chi connectivity index (χ0) is 30.0. The molecular formula is C34H35F3N4O2. The second-order valence-electron chi connectivity index (χ2n) is 11.4. The number of halogens is 3. The molecule has 1 fully saturated rings. The minimum atomic E-state index is -4.52. The largest absolute Gasteiger partial charge is 0.433 e. The first kappa shape index (κ1) is 29.0. The van der Waals surface area contributed by atoms with Crippen molar-refractivity contribution in [1.82, 2.24) is 15.2 Å². The van der Waals surface area contributed by atoms with Crippen molar-refractivity contribution in [2.45, 2.75) is 38.0 Å². The molecule has 3 aromatic carbocycles. The van der Waals surface area contributed by atoms with Crippen LogP contribution in [0.5, 0.6) is 0 Å². The maximum atomic E-state index is 12.8. The highest BCUT2D eigenvalue weighted by molar-refractivity contribution is 5.83. The maximum absolute atomic E-state index is 12.8. The molecule has 1 aliphatic carbocycles. The maximum Gasteiger partial charge on any atom is 0.408 e. The lowest BCUT2D eigenvalue weighted by Crippen LogP contribution is -2.47. The third-order valence-electron chi connectivity index (χ3n) is 8.53. The van der Waals surface area contributed by atoms with Gasteiger partial charge in [0, 0.05) is 42.7 Å². The summed E-state index contributed by atoms with van der Waals surface area (Å²) < 4.78 is 44.5. The molecule has 9 heteroatoms. The van der Waals surface area contributed by atoms with Gasteiger partial charge in [-0.15, -0.1) is 0 Å². The minimum absolute atomic E-state index is 0.473. The van der Waals surface area contributed by atoms with Gasteiger partial charge in [0.2, 0.25) is 0 Å². The van der Waals surface area contributed by atoms with Gasteiger partial charge in [-0.05, 0) is 61.6 Å². The quantitative estimate of drug-likeness (QED) is 0.224. The first-order valence-corrected chi connectivity index (χ1v) is 14.8. The standard InChI is InChI=1S/C34H35F3N4O2/c1-24-22-25-10-2-7-15-30(25)39-31(24)41-20-18-40(19-21-41)17-9-8-16-33(43-32(42)38-23-34(35,36)37)28-13-5-3-11-26(28)27-12-4-6-14-29(27)33/h2-7,10-15,22H,8-9,16-21,23H2,1H3,(H,38,42). The molecule has 2 aliphatic rings. The monoisotopic (exact) mass is 588 g/mol. The van der Waals surface area contributed by atoms with Crippen molar-refractivity contribution in [3.63, 3.8) is 0 Å². The van der Waals surface area contributed by atoms with E-state index >= 15 is 0 Å². The number of nitrogens with one attached hydrogen (secondary N) is 1. The number of aromatic nitrogens is 1. The molecule has 1 saturated heterocycles. The summed E-state index contributed by atoms with van der Waals surface area (Å²) in [6.45, 7) is 5.17. The zero-order valence-corrected chi connectivity index (χ0v) is 24.2. The number of pyridine rings is 1. The van der Waals surface area contributed by atoms with Crippen molar-refractivity contribution >= 4 is 22.8 Å². The summed E-state index contributed by atoms with van der Waals surface area (Å²) in [6.07, 6.45) is -3.52. The number of carbonyl (C=O) groups is 1. The molecule has 6 nitrogen and oxygen atoms in total. The zero-order valence-electron chi connectivity index (χ0n) is 24.2. The molecule has 0 radical (unpaired) electrons. The number of carbonyl (C=O) groups excluding carboxylic acids is 1. The van der Waals surface area contributed by atoms with E-state index in [0.717, 1.165) is 84.5 Å². The lowest BCUT2D eigenvalue weighted by Gasteiger charge is -2.36. The van der Waals surface area contributed by atoms with Gasteiger partial charge in [0.1, 0.15) is 12.4 Å². The number of hydrogen-bond acceptors (Lipinski definition) is 5. The van der Waals surface area contributed by atoms with E-state index in [9.17, 15) is 18.0 Å². The van der Waals surface area contributed by atoms with Gasteiger partial charge in [0.25, 0.3) is 0 Å². The van der Waals surface area contributed by atoms with Crippen molar-refractivity contribution < 1.29 is 22.7 Å². The van der Waals surface area contributed by atoms with Crippen LogP contribution in [0.15, 0.2) is 78.9 Å². The van der Waals surface area contributed by atoms with E-state index < -0.39 is 24.4 Å². The number of unbranched alkanes of at least 4 members (excludes halogenated alkanes) is 1. The summed E-state index contributed by atoms with van der Waals surface area (Å²) in [5.41, 5.74) is 4.53. The Bertz CT molecular complexity index is 1570. The number of rotatable bonds is 8.